The number of carbonyl (C=O) groups excluding carboxylic acids is 1. The lowest BCUT2D eigenvalue weighted by Gasteiger charge is -2.43. The Balaban J connectivity index is 1.34. The maximum Gasteiger partial charge on any atom is 0.251 e. The Morgan fingerprint density at radius 2 is 1.51 bits per heavy atom. The number of fused-ring (bicyclic) bond motifs is 1. The molecule has 2 aromatic carbocycles. The second-order valence-electron chi connectivity index (χ2n) is 10.8. The molecule has 1 fully saturated rings. The molecule has 1 saturated carbocycles. The molecule has 0 unspecified atom stereocenters. The second kappa shape index (κ2) is 11.8. The summed E-state index contributed by atoms with van der Waals surface area (Å²) in [6, 6.07) is 2.16. The van der Waals surface area contributed by atoms with E-state index in [1.165, 1.54) is 0 Å². The summed E-state index contributed by atoms with van der Waals surface area (Å²) < 4.78 is 82.7. The molecule has 1 amide bonds. The number of benzene rings is 2. The summed E-state index contributed by atoms with van der Waals surface area (Å²) in [5, 5.41) is 15.5. The Morgan fingerprint density at radius 1 is 1.00 bits per heavy atom. The minimum atomic E-state index is -1.61. The highest BCUT2D eigenvalue weighted by Gasteiger charge is 2.37. The number of hydrogen-bond acceptors (Lipinski definition) is 7. The highest BCUT2D eigenvalue weighted by Crippen LogP contribution is 2.36. The van der Waals surface area contributed by atoms with Gasteiger partial charge in [0.25, 0.3) is 5.91 Å². The third kappa shape index (κ3) is 6.02. The van der Waals surface area contributed by atoms with Crippen LogP contribution in [-0.2, 0) is 17.9 Å². The summed E-state index contributed by atoms with van der Waals surface area (Å²) in [4.78, 5) is 24.9. The van der Waals surface area contributed by atoms with Gasteiger partial charge in [-0.05, 0) is 60.7 Å². The quantitative estimate of drug-likeness (QED) is 0.187. The van der Waals surface area contributed by atoms with Gasteiger partial charge in [-0.2, -0.15) is 4.98 Å². The van der Waals surface area contributed by atoms with Crippen molar-refractivity contribution in [3.8, 4) is 0 Å². The lowest BCUT2D eigenvalue weighted by molar-refractivity contribution is -0.117. The summed E-state index contributed by atoms with van der Waals surface area (Å²) in [5.74, 6) is -8.36. The number of hydrogen-bond donors (Lipinski definition) is 3. The van der Waals surface area contributed by atoms with Crippen LogP contribution in [0.5, 0.6) is 0 Å². The number of rotatable bonds is 9. The van der Waals surface area contributed by atoms with E-state index in [-0.39, 0.29) is 54.8 Å². The molecule has 43 heavy (non-hydrogen) atoms. The largest absolute Gasteiger partial charge is 0.392 e. The number of carbonyl (C=O) groups is 1. The third-order valence-electron chi connectivity index (χ3n) is 7.70. The Hall–Kier alpha value is -4.17. The molecular formula is C29H28F6N6O2. The van der Waals surface area contributed by atoms with Gasteiger partial charge in [0, 0.05) is 32.2 Å². The first-order valence-corrected chi connectivity index (χ1v) is 13.3. The zero-order valence-electron chi connectivity index (χ0n) is 23.2. The Labute approximate surface area is 243 Å². The van der Waals surface area contributed by atoms with E-state index in [0.29, 0.717) is 35.6 Å². The summed E-state index contributed by atoms with van der Waals surface area (Å²) in [6.45, 7) is 4.91. The number of aromatic nitrogens is 2. The van der Waals surface area contributed by atoms with Crippen molar-refractivity contribution in [3.05, 3.63) is 88.1 Å². The van der Waals surface area contributed by atoms with E-state index >= 15 is 0 Å². The van der Waals surface area contributed by atoms with Crippen molar-refractivity contribution in [1.82, 2.24) is 14.9 Å². The summed E-state index contributed by atoms with van der Waals surface area (Å²) in [6.07, 6.45) is 0.933. The number of amides is 1. The fourth-order valence-corrected chi connectivity index (χ4v) is 5.43. The van der Waals surface area contributed by atoms with Crippen molar-refractivity contribution in [2.24, 2.45) is 0 Å². The number of halogens is 6. The molecule has 2 aliphatic rings. The summed E-state index contributed by atoms with van der Waals surface area (Å²) in [5.41, 5.74) is 1.43. The maximum atomic E-state index is 13.9. The fourth-order valence-electron chi connectivity index (χ4n) is 5.43. The number of likely N-dealkylation sites (N-methyl/N-ethyl adjacent to an activating group) is 1. The van der Waals surface area contributed by atoms with E-state index in [1.807, 2.05) is 0 Å². The zero-order chi connectivity index (χ0) is 31.2. The Bertz CT molecular complexity index is 1490. The average molecular weight is 607 g/mol. The molecule has 0 radical (unpaired) electrons. The molecule has 3 aromatic rings. The SMILES string of the molecule is C=C(CO)[C@H]1C(=O)Nc2c(C)nc(NC3CC(N(Cc4cc(F)c(F)c(F)c4)Cc4cc(F)c(F)c(F)c4)C3)nc2N1C. The van der Waals surface area contributed by atoms with Crippen molar-refractivity contribution in [1.29, 1.82) is 0 Å². The van der Waals surface area contributed by atoms with Gasteiger partial charge in [-0.3, -0.25) is 9.69 Å². The maximum absolute atomic E-state index is 13.9. The first-order chi connectivity index (χ1) is 20.4. The molecule has 8 nitrogen and oxygen atoms in total. The second-order valence-corrected chi connectivity index (χ2v) is 10.8. The third-order valence-corrected chi connectivity index (χ3v) is 7.70. The van der Waals surface area contributed by atoms with Crippen LogP contribution in [0.4, 0.5) is 43.8 Å². The average Bonchev–Trinajstić information content (AvgIpc) is 2.92. The number of aryl methyl sites for hydroxylation is 1. The van der Waals surface area contributed by atoms with E-state index < -0.39 is 40.9 Å². The molecule has 0 spiro atoms. The Morgan fingerprint density at radius 3 is 2.00 bits per heavy atom. The van der Waals surface area contributed by atoms with Gasteiger partial charge in [-0.15, -0.1) is 0 Å². The zero-order valence-corrected chi connectivity index (χ0v) is 23.2. The normalized spacial score (nSPS) is 19.6. The molecule has 1 atom stereocenters. The van der Waals surface area contributed by atoms with Crippen LogP contribution in [0, 0.1) is 41.8 Å². The van der Waals surface area contributed by atoms with Crippen LogP contribution in [0.15, 0.2) is 36.4 Å². The van der Waals surface area contributed by atoms with Gasteiger partial charge < -0.3 is 20.6 Å². The van der Waals surface area contributed by atoms with Gasteiger partial charge >= 0.3 is 0 Å². The molecule has 1 aliphatic carbocycles. The van der Waals surface area contributed by atoms with Crippen molar-refractivity contribution in [2.45, 2.75) is 51.0 Å². The number of nitrogens with one attached hydrogen (secondary N) is 2. The molecule has 0 bridgehead atoms. The molecule has 228 valence electrons. The lowest BCUT2D eigenvalue weighted by atomic mass is 9.85. The molecule has 5 rings (SSSR count). The predicted molar refractivity (Wildman–Crippen MR) is 146 cm³/mol. The monoisotopic (exact) mass is 606 g/mol. The standard InChI is InChI=1S/C29H28F6N6O2/c1-13(12-42)26-28(43)38-25-14(2)36-29(39-27(25)40(26)3)37-17-8-18(9-17)41(10-15-4-19(30)23(34)20(31)5-15)11-16-6-21(32)24(35)22(33)7-16/h4-7,17-18,26,42H,1,8-12H2,2-3H3,(H,38,43)(H,36,37,39)/t17?,18?,26-/m0/s1. The van der Waals surface area contributed by atoms with Crippen molar-refractivity contribution in [3.63, 3.8) is 0 Å². The van der Waals surface area contributed by atoms with E-state index in [9.17, 15) is 36.2 Å². The molecule has 1 aromatic heterocycles. The fraction of sp³-hybridized carbons (Fsp3) is 0.345. The molecule has 14 heteroatoms. The number of aliphatic hydroxyl groups is 1. The van der Waals surface area contributed by atoms with Crippen LogP contribution in [-0.4, -0.2) is 57.7 Å². The number of aliphatic hydroxyl groups excluding tert-OH is 1. The van der Waals surface area contributed by atoms with Crippen molar-refractivity contribution in [2.75, 3.05) is 29.2 Å². The van der Waals surface area contributed by atoms with E-state index in [1.54, 1.807) is 23.8 Å². The highest BCUT2D eigenvalue weighted by atomic mass is 19.2. The summed E-state index contributed by atoms with van der Waals surface area (Å²) in [7, 11) is 1.65. The van der Waals surface area contributed by atoms with Gasteiger partial charge in [-0.1, -0.05) is 6.58 Å². The van der Waals surface area contributed by atoms with E-state index in [2.05, 4.69) is 27.2 Å². The van der Waals surface area contributed by atoms with Crippen LogP contribution >= 0.6 is 0 Å². The Kier molecular flexibility index (Phi) is 8.34. The van der Waals surface area contributed by atoms with Crippen molar-refractivity contribution >= 4 is 23.4 Å². The van der Waals surface area contributed by atoms with Gasteiger partial charge in [0.1, 0.15) is 11.7 Å². The van der Waals surface area contributed by atoms with Crippen molar-refractivity contribution < 1.29 is 36.2 Å². The predicted octanol–water partition coefficient (Wildman–Crippen LogP) is 4.57. The van der Waals surface area contributed by atoms with Crippen LogP contribution in [0.3, 0.4) is 0 Å². The molecule has 2 heterocycles. The van der Waals surface area contributed by atoms with Crippen LogP contribution in [0.1, 0.15) is 29.7 Å². The van der Waals surface area contributed by atoms with Gasteiger partial charge in [-0.25, -0.2) is 31.3 Å². The number of anilines is 3. The van der Waals surface area contributed by atoms with E-state index in [0.717, 1.165) is 24.3 Å². The first-order valence-electron chi connectivity index (χ1n) is 13.3. The molecule has 1 aliphatic heterocycles. The van der Waals surface area contributed by atoms with Gasteiger partial charge in [0.15, 0.2) is 40.7 Å². The van der Waals surface area contributed by atoms with Gasteiger partial charge in [0.05, 0.1) is 12.3 Å². The lowest BCUT2D eigenvalue weighted by Crippen LogP contribution is -2.50. The minimum absolute atomic E-state index is 0.0821. The topological polar surface area (TPSA) is 93.6 Å². The van der Waals surface area contributed by atoms with Crippen LogP contribution in [0.25, 0.3) is 0 Å². The number of nitrogens with zero attached hydrogens (tertiary/aromatic N) is 4. The van der Waals surface area contributed by atoms with Crippen LogP contribution < -0.4 is 15.5 Å². The molecule has 3 N–H and O–H groups in total. The minimum Gasteiger partial charge on any atom is -0.392 e. The van der Waals surface area contributed by atoms with E-state index in [4.69, 9.17) is 0 Å². The molecular weight excluding hydrogens is 578 g/mol. The highest BCUT2D eigenvalue weighted by molar-refractivity contribution is 6.05. The first kappa shape index (κ1) is 30.3. The summed E-state index contributed by atoms with van der Waals surface area (Å²) >= 11 is 0. The smallest absolute Gasteiger partial charge is 0.251 e. The molecule has 0 saturated heterocycles. The van der Waals surface area contributed by atoms with Crippen LogP contribution in [0.2, 0.25) is 0 Å². The van der Waals surface area contributed by atoms with Gasteiger partial charge in [0.2, 0.25) is 5.95 Å².